The standard InChI is InChI=1S/C20H26N4/c1-15-10-11-17-19(24-12-6-3-7-13-24)22-23-20(17,14-15)16-8-4-5-9-18(16)21-2/h4-5,8-11,14,21-23H,3,6-7,12-13H2,1-2H3. The van der Waals surface area contributed by atoms with Crippen molar-refractivity contribution in [1.82, 2.24) is 15.8 Å². The number of rotatable bonds is 3. The minimum Gasteiger partial charge on any atom is -0.388 e. The highest BCUT2D eigenvalue weighted by Crippen LogP contribution is 2.43. The van der Waals surface area contributed by atoms with E-state index in [4.69, 9.17) is 0 Å². The average molecular weight is 322 g/mol. The third-order valence-corrected chi connectivity index (χ3v) is 5.31. The Morgan fingerprint density at radius 1 is 1.08 bits per heavy atom. The lowest BCUT2D eigenvalue weighted by atomic mass is 9.78. The Kier molecular flexibility index (Phi) is 3.85. The molecule has 2 heterocycles. The molecular formula is C20H26N4. The zero-order valence-electron chi connectivity index (χ0n) is 14.5. The molecule has 0 spiro atoms. The Labute approximate surface area is 144 Å². The van der Waals surface area contributed by atoms with Gasteiger partial charge in [0.1, 0.15) is 11.4 Å². The fourth-order valence-corrected chi connectivity index (χ4v) is 4.11. The maximum absolute atomic E-state index is 3.61. The summed E-state index contributed by atoms with van der Waals surface area (Å²) in [5, 5.41) is 3.35. The molecule has 0 amide bonds. The largest absolute Gasteiger partial charge is 0.388 e. The van der Waals surface area contributed by atoms with Crippen LogP contribution in [0.2, 0.25) is 0 Å². The fraction of sp³-hybridized carbons (Fsp3) is 0.400. The Bertz CT molecular complexity index is 725. The van der Waals surface area contributed by atoms with E-state index in [-0.39, 0.29) is 5.54 Å². The molecule has 126 valence electrons. The average Bonchev–Trinajstić information content (AvgIpc) is 3.02. The van der Waals surface area contributed by atoms with Crippen molar-refractivity contribution in [1.29, 1.82) is 0 Å². The fourth-order valence-electron chi connectivity index (χ4n) is 4.11. The van der Waals surface area contributed by atoms with Gasteiger partial charge in [-0.05, 0) is 32.3 Å². The number of para-hydroxylation sites is 1. The zero-order chi connectivity index (χ0) is 16.6. The van der Waals surface area contributed by atoms with Gasteiger partial charge in [0, 0.05) is 37.0 Å². The summed E-state index contributed by atoms with van der Waals surface area (Å²) in [7, 11) is 1.99. The summed E-state index contributed by atoms with van der Waals surface area (Å²) in [6.07, 6.45) is 10.7. The van der Waals surface area contributed by atoms with Crippen LogP contribution in [0.5, 0.6) is 0 Å². The van der Waals surface area contributed by atoms with Crippen LogP contribution in [0.4, 0.5) is 5.69 Å². The van der Waals surface area contributed by atoms with E-state index in [0.29, 0.717) is 0 Å². The molecule has 3 N–H and O–H groups in total. The van der Waals surface area contributed by atoms with Crippen LogP contribution in [-0.4, -0.2) is 25.0 Å². The molecule has 4 heteroatoms. The minimum atomic E-state index is -0.314. The van der Waals surface area contributed by atoms with Gasteiger partial charge < -0.3 is 15.6 Å². The third kappa shape index (κ3) is 2.33. The Balaban J connectivity index is 1.85. The van der Waals surface area contributed by atoms with E-state index in [1.165, 1.54) is 41.8 Å². The first-order valence-electron chi connectivity index (χ1n) is 8.92. The van der Waals surface area contributed by atoms with Gasteiger partial charge in [-0.15, -0.1) is 0 Å². The predicted octanol–water partition coefficient (Wildman–Crippen LogP) is 3.25. The summed E-state index contributed by atoms with van der Waals surface area (Å²) in [4.78, 5) is 2.49. The molecule has 0 radical (unpaired) electrons. The van der Waals surface area contributed by atoms with Crippen LogP contribution in [0.3, 0.4) is 0 Å². The van der Waals surface area contributed by atoms with Gasteiger partial charge in [0.15, 0.2) is 0 Å². The van der Waals surface area contributed by atoms with Crippen molar-refractivity contribution in [2.45, 2.75) is 31.7 Å². The summed E-state index contributed by atoms with van der Waals surface area (Å²) in [6.45, 7) is 4.43. The van der Waals surface area contributed by atoms with Crippen molar-refractivity contribution in [3.05, 3.63) is 65.0 Å². The number of likely N-dealkylation sites (tertiary alicyclic amines) is 1. The normalized spacial score (nSPS) is 26.1. The first-order chi connectivity index (χ1) is 11.7. The maximum Gasteiger partial charge on any atom is 0.122 e. The van der Waals surface area contributed by atoms with Crippen molar-refractivity contribution in [3.63, 3.8) is 0 Å². The second-order valence-electron chi connectivity index (χ2n) is 6.89. The Morgan fingerprint density at radius 2 is 1.88 bits per heavy atom. The maximum atomic E-state index is 3.61. The monoisotopic (exact) mass is 322 g/mol. The molecule has 0 saturated carbocycles. The second kappa shape index (κ2) is 6.02. The van der Waals surface area contributed by atoms with Crippen LogP contribution in [0.1, 0.15) is 31.7 Å². The van der Waals surface area contributed by atoms with E-state index in [2.05, 4.69) is 70.5 Å². The highest BCUT2D eigenvalue weighted by atomic mass is 15.5. The molecule has 1 aromatic rings. The Hall–Kier alpha value is -2.20. The van der Waals surface area contributed by atoms with Crippen LogP contribution in [0.15, 0.2) is 59.5 Å². The SMILES string of the molecule is CNc1ccccc1C12C=C(C)C=CC1=C(N1CCCCC1)NN2. The van der Waals surface area contributed by atoms with Gasteiger partial charge in [-0.25, -0.2) is 5.43 Å². The number of allylic oxidation sites excluding steroid dienone is 2. The lowest BCUT2D eigenvalue weighted by molar-refractivity contribution is 0.265. The first kappa shape index (κ1) is 15.3. The summed E-state index contributed by atoms with van der Waals surface area (Å²) in [5.74, 6) is 1.24. The molecule has 1 atom stereocenters. The van der Waals surface area contributed by atoms with Crippen LogP contribution >= 0.6 is 0 Å². The van der Waals surface area contributed by atoms with Gasteiger partial charge in [-0.2, -0.15) is 0 Å². The van der Waals surface area contributed by atoms with E-state index in [1.54, 1.807) is 0 Å². The molecule has 1 unspecified atom stereocenters. The number of hydrogen-bond acceptors (Lipinski definition) is 4. The van der Waals surface area contributed by atoms with Crippen molar-refractivity contribution < 1.29 is 0 Å². The molecule has 4 rings (SSSR count). The number of nitrogens with one attached hydrogen (secondary N) is 3. The van der Waals surface area contributed by atoms with Crippen LogP contribution in [-0.2, 0) is 5.54 Å². The van der Waals surface area contributed by atoms with Gasteiger partial charge in [0.05, 0.1) is 0 Å². The molecule has 0 aromatic heterocycles. The molecule has 1 saturated heterocycles. The van der Waals surface area contributed by atoms with E-state index in [0.717, 1.165) is 18.8 Å². The van der Waals surface area contributed by atoms with Gasteiger partial charge in [-0.1, -0.05) is 42.0 Å². The van der Waals surface area contributed by atoms with E-state index < -0.39 is 0 Å². The predicted molar refractivity (Wildman–Crippen MR) is 99.3 cm³/mol. The van der Waals surface area contributed by atoms with E-state index in [1.807, 2.05) is 7.05 Å². The van der Waals surface area contributed by atoms with Crippen LogP contribution < -0.4 is 16.2 Å². The zero-order valence-corrected chi connectivity index (χ0v) is 14.5. The number of nitrogens with zero attached hydrogens (tertiary/aromatic N) is 1. The van der Waals surface area contributed by atoms with E-state index >= 15 is 0 Å². The van der Waals surface area contributed by atoms with Crippen LogP contribution in [0.25, 0.3) is 0 Å². The highest BCUT2D eigenvalue weighted by molar-refractivity contribution is 5.64. The number of hydrazine groups is 1. The number of piperidine rings is 1. The number of benzene rings is 1. The quantitative estimate of drug-likeness (QED) is 0.799. The van der Waals surface area contributed by atoms with Gasteiger partial charge in [-0.3, -0.25) is 0 Å². The topological polar surface area (TPSA) is 39.3 Å². The van der Waals surface area contributed by atoms with Crippen molar-refractivity contribution in [3.8, 4) is 0 Å². The summed E-state index contributed by atoms with van der Waals surface area (Å²) in [5.41, 5.74) is 11.8. The molecule has 4 nitrogen and oxygen atoms in total. The van der Waals surface area contributed by atoms with Gasteiger partial charge in [0.25, 0.3) is 0 Å². The molecule has 24 heavy (non-hydrogen) atoms. The van der Waals surface area contributed by atoms with Crippen molar-refractivity contribution in [2.75, 3.05) is 25.5 Å². The highest BCUT2D eigenvalue weighted by Gasteiger charge is 2.43. The second-order valence-corrected chi connectivity index (χ2v) is 6.89. The van der Waals surface area contributed by atoms with Gasteiger partial charge in [0.2, 0.25) is 0 Å². The van der Waals surface area contributed by atoms with Crippen LogP contribution in [0, 0.1) is 0 Å². The summed E-state index contributed by atoms with van der Waals surface area (Å²) < 4.78 is 0. The minimum absolute atomic E-state index is 0.314. The molecule has 3 aliphatic rings. The lowest BCUT2D eigenvalue weighted by Crippen LogP contribution is -2.44. The number of fused-ring (bicyclic) bond motifs is 1. The molecular weight excluding hydrogens is 296 g/mol. The summed E-state index contributed by atoms with van der Waals surface area (Å²) in [6, 6.07) is 8.55. The van der Waals surface area contributed by atoms with E-state index in [9.17, 15) is 0 Å². The Morgan fingerprint density at radius 3 is 2.67 bits per heavy atom. The molecule has 2 aliphatic heterocycles. The smallest absolute Gasteiger partial charge is 0.122 e. The molecule has 1 aliphatic carbocycles. The molecule has 0 bridgehead atoms. The third-order valence-electron chi connectivity index (χ3n) is 5.31. The lowest BCUT2D eigenvalue weighted by Gasteiger charge is -2.33. The molecule has 1 fully saturated rings. The van der Waals surface area contributed by atoms with Crippen molar-refractivity contribution >= 4 is 5.69 Å². The number of anilines is 1. The summed E-state index contributed by atoms with van der Waals surface area (Å²) >= 11 is 0. The van der Waals surface area contributed by atoms with Gasteiger partial charge >= 0.3 is 0 Å². The number of hydrogen-bond donors (Lipinski definition) is 3. The molecule has 1 aromatic carbocycles. The van der Waals surface area contributed by atoms with Crippen molar-refractivity contribution in [2.24, 2.45) is 0 Å². The first-order valence-corrected chi connectivity index (χ1v) is 8.92.